The van der Waals surface area contributed by atoms with Gasteiger partial charge in [-0.05, 0) is 5.56 Å². The van der Waals surface area contributed by atoms with Gasteiger partial charge in [0.2, 0.25) is 0 Å². The molecule has 0 radical (unpaired) electrons. The molecule has 2 aromatic carbocycles. The second kappa shape index (κ2) is 4.96. The van der Waals surface area contributed by atoms with Crippen LogP contribution in [0.1, 0.15) is 22.0 Å². The first-order chi connectivity index (χ1) is 9.27. The molecule has 3 nitrogen and oxygen atoms in total. The minimum absolute atomic E-state index is 0.0689. The zero-order chi connectivity index (χ0) is 13.2. The van der Waals surface area contributed by atoms with Crippen molar-refractivity contribution in [3.8, 4) is 0 Å². The van der Waals surface area contributed by atoms with Crippen LogP contribution in [0.15, 0.2) is 60.7 Å². The number of carbonyl (C=O) groups is 1. The summed E-state index contributed by atoms with van der Waals surface area (Å²) >= 11 is 0. The molecule has 1 N–H and O–H groups in total. The van der Waals surface area contributed by atoms with Crippen molar-refractivity contribution in [2.24, 2.45) is 0 Å². The maximum atomic E-state index is 12.1. The van der Waals surface area contributed by atoms with Gasteiger partial charge in [0.1, 0.15) is 18.3 Å². The quantitative estimate of drug-likeness (QED) is 0.673. The third-order valence-electron chi connectivity index (χ3n) is 3.29. The standard InChI is InChI=1S/C16H14O3/c17-13(11-7-3-1-4-8-11)15-16(19-15)14(18)12-9-5-2-6-10-12/h1-10,13,15-17H/t13-,15+,16+/m1/s1. The molecule has 1 aliphatic rings. The fourth-order valence-corrected chi connectivity index (χ4v) is 2.18. The summed E-state index contributed by atoms with van der Waals surface area (Å²) in [7, 11) is 0. The van der Waals surface area contributed by atoms with E-state index in [1.165, 1.54) is 0 Å². The van der Waals surface area contributed by atoms with Gasteiger partial charge in [-0.15, -0.1) is 0 Å². The monoisotopic (exact) mass is 254 g/mol. The molecule has 0 aliphatic carbocycles. The number of Topliss-reactive ketones (excluding diaryl/α,β-unsaturated/α-hetero) is 1. The van der Waals surface area contributed by atoms with Crippen LogP contribution >= 0.6 is 0 Å². The van der Waals surface area contributed by atoms with E-state index in [1.54, 1.807) is 12.1 Å². The zero-order valence-electron chi connectivity index (χ0n) is 10.3. The summed E-state index contributed by atoms with van der Waals surface area (Å²) < 4.78 is 5.35. The van der Waals surface area contributed by atoms with Gasteiger partial charge in [-0.3, -0.25) is 4.79 Å². The Morgan fingerprint density at radius 3 is 2.21 bits per heavy atom. The summed E-state index contributed by atoms with van der Waals surface area (Å²) in [6.07, 6.45) is -1.72. The summed E-state index contributed by atoms with van der Waals surface area (Å²) in [4.78, 5) is 12.1. The highest BCUT2D eigenvalue weighted by Crippen LogP contribution is 2.36. The highest BCUT2D eigenvalue weighted by molar-refractivity contribution is 6.01. The van der Waals surface area contributed by atoms with E-state index < -0.39 is 18.3 Å². The first-order valence-corrected chi connectivity index (χ1v) is 6.25. The number of ether oxygens (including phenoxy) is 1. The van der Waals surface area contributed by atoms with E-state index in [2.05, 4.69) is 0 Å². The van der Waals surface area contributed by atoms with E-state index >= 15 is 0 Å². The minimum atomic E-state index is -0.751. The Morgan fingerprint density at radius 2 is 1.58 bits per heavy atom. The molecule has 96 valence electrons. The van der Waals surface area contributed by atoms with Crippen molar-refractivity contribution in [3.63, 3.8) is 0 Å². The smallest absolute Gasteiger partial charge is 0.194 e. The second-order valence-corrected chi connectivity index (χ2v) is 4.61. The number of ketones is 1. The minimum Gasteiger partial charge on any atom is -0.386 e. The Hall–Kier alpha value is -1.97. The average Bonchev–Trinajstić information content (AvgIpc) is 3.28. The van der Waals surface area contributed by atoms with E-state index in [1.807, 2.05) is 48.5 Å². The predicted octanol–water partition coefficient (Wildman–Crippen LogP) is 2.37. The van der Waals surface area contributed by atoms with Crippen LogP contribution in [0.4, 0.5) is 0 Å². The molecule has 1 aliphatic heterocycles. The van der Waals surface area contributed by atoms with Gasteiger partial charge in [-0.25, -0.2) is 0 Å². The molecule has 3 rings (SSSR count). The number of rotatable bonds is 4. The lowest BCUT2D eigenvalue weighted by Gasteiger charge is -2.07. The molecule has 19 heavy (non-hydrogen) atoms. The lowest BCUT2D eigenvalue weighted by Crippen LogP contribution is -2.15. The Kier molecular flexibility index (Phi) is 3.15. The summed E-state index contributed by atoms with van der Waals surface area (Å²) in [6, 6.07) is 18.3. The van der Waals surface area contributed by atoms with Crippen LogP contribution in [0.2, 0.25) is 0 Å². The number of hydrogen-bond acceptors (Lipinski definition) is 3. The zero-order valence-corrected chi connectivity index (χ0v) is 10.3. The van der Waals surface area contributed by atoms with Gasteiger partial charge in [0.05, 0.1) is 0 Å². The first-order valence-electron chi connectivity index (χ1n) is 6.25. The van der Waals surface area contributed by atoms with Crippen LogP contribution in [0.3, 0.4) is 0 Å². The SMILES string of the molecule is O=C(c1ccccc1)[C@@H]1O[C@H]1[C@H](O)c1ccccc1. The van der Waals surface area contributed by atoms with Gasteiger partial charge >= 0.3 is 0 Å². The van der Waals surface area contributed by atoms with E-state index in [4.69, 9.17) is 4.74 Å². The van der Waals surface area contributed by atoms with Crippen molar-refractivity contribution in [2.45, 2.75) is 18.3 Å². The highest BCUT2D eigenvalue weighted by atomic mass is 16.6. The molecule has 0 bridgehead atoms. The number of benzene rings is 2. The Balaban J connectivity index is 1.70. The van der Waals surface area contributed by atoms with E-state index in [0.29, 0.717) is 5.56 Å². The predicted molar refractivity (Wildman–Crippen MR) is 70.8 cm³/mol. The maximum Gasteiger partial charge on any atom is 0.194 e. The molecule has 0 unspecified atom stereocenters. The Labute approximate surface area is 111 Å². The Morgan fingerprint density at radius 1 is 1.00 bits per heavy atom. The third-order valence-corrected chi connectivity index (χ3v) is 3.29. The molecule has 3 heteroatoms. The van der Waals surface area contributed by atoms with Crippen molar-refractivity contribution in [1.29, 1.82) is 0 Å². The van der Waals surface area contributed by atoms with E-state index in [-0.39, 0.29) is 5.78 Å². The van der Waals surface area contributed by atoms with Crippen LogP contribution in [0, 0.1) is 0 Å². The van der Waals surface area contributed by atoms with Gasteiger partial charge in [0, 0.05) is 5.56 Å². The molecule has 1 heterocycles. The average molecular weight is 254 g/mol. The number of epoxide rings is 1. The summed E-state index contributed by atoms with van der Waals surface area (Å²) in [5.41, 5.74) is 1.39. The molecule has 3 atom stereocenters. The van der Waals surface area contributed by atoms with E-state index in [9.17, 15) is 9.90 Å². The normalized spacial score (nSPS) is 22.8. The fraction of sp³-hybridized carbons (Fsp3) is 0.188. The highest BCUT2D eigenvalue weighted by Gasteiger charge is 2.49. The van der Waals surface area contributed by atoms with Gasteiger partial charge in [-0.2, -0.15) is 0 Å². The summed E-state index contributed by atoms with van der Waals surface area (Å²) in [5.74, 6) is -0.0689. The fourth-order valence-electron chi connectivity index (χ4n) is 2.18. The molecular formula is C16H14O3. The number of hydrogen-bond donors (Lipinski definition) is 1. The lowest BCUT2D eigenvalue weighted by molar-refractivity contribution is 0.0953. The number of aliphatic hydroxyl groups is 1. The largest absolute Gasteiger partial charge is 0.386 e. The Bertz CT molecular complexity index is 565. The van der Waals surface area contributed by atoms with Crippen LogP contribution < -0.4 is 0 Å². The van der Waals surface area contributed by atoms with Crippen molar-refractivity contribution < 1.29 is 14.6 Å². The van der Waals surface area contributed by atoms with E-state index in [0.717, 1.165) is 5.56 Å². The van der Waals surface area contributed by atoms with Crippen LogP contribution in [-0.4, -0.2) is 23.1 Å². The number of carbonyl (C=O) groups excluding carboxylic acids is 1. The second-order valence-electron chi connectivity index (χ2n) is 4.61. The van der Waals surface area contributed by atoms with Crippen molar-refractivity contribution in [1.82, 2.24) is 0 Å². The van der Waals surface area contributed by atoms with Gasteiger partial charge in [0.25, 0.3) is 0 Å². The topological polar surface area (TPSA) is 49.8 Å². The van der Waals surface area contributed by atoms with Crippen molar-refractivity contribution in [3.05, 3.63) is 71.8 Å². The molecule has 2 aromatic rings. The summed E-state index contributed by atoms with van der Waals surface area (Å²) in [5, 5.41) is 10.1. The molecule has 0 amide bonds. The molecule has 0 aromatic heterocycles. The summed E-state index contributed by atoms with van der Waals surface area (Å²) in [6.45, 7) is 0. The van der Waals surface area contributed by atoms with Gasteiger partial charge in [-0.1, -0.05) is 60.7 Å². The molecule has 1 saturated heterocycles. The molecule has 0 saturated carbocycles. The van der Waals surface area contributed by atoms with Crippen molar-refractivity contribution in [2.75, 3.05) is 0 Å². The van der Waals surface area contributed by atoms with Crippen molar-refractivity contribution >= 4 is 5.78 Å². The van der Waals surface area contributed by atoms with Crippen LogP contribution in [0.25, 0.3) is 0 Å². The molecule has 0 spiro atoms. The molecular weight excluding hydrogens is 240 g/mol. The van der Waals surface area contributed by atoms with Crippen LogP contribution in [-0.2, 0) is 4.74 Å². The van der Waals surface area contributed by atoms with Crippen LogP contribution in [0.5, 0.6) is 0 Å². The lowest BCUT2D eigenvalue weighted by atomic mass is 10.0. The first kappa shape index (κ1) is 12.1. The third kappa shape index (κ3) is 2.43. The number of aliphatic hydroxyl groups excluding tert-OH is 1. The van der Waals surface area contributed by atoms with Gasteiger partial charge in [0.15, 0.2) is 5.78 Å². The van der Waals surface area contributed by atoms with Gasteiger partial charge < -0.3 is 9.84 Å². The molecule has 1 fully saturated rings. The maximum absolute atomic E-state index is 12.1.